The molecule has 1 saturated carbocycles. The molecule has 1 aromatic rings. The highest BCUT2D eigenvalue weighted by Gasteiger charge is 2.24. The van der Waals surface area contributed by atoms with Crippen LogP contribution in [0, 0.1) is 12.8 Å². The molecule has 0 amide bonds. The lowest BCUT2D eigenvalue weighted by Crippen LogP contribution is -2.27. The van der Waals surface area contributed by atoms with Gasteiger partial charge in [-0.2, -0.15) is 0 Å². The fraction of sp³-hybridized carbons (Fsp3) is 0.615. The average Bonchev–Trinajstić information content (AvgIpc) is 2.87. The van der Waals surface area contributed by atoms with E-state index in [-0.39, 0.29) is 11.9 Å². The Balaban J connectivity index is 1.84. The SMILES string of the molecule is Cc1oc(C(=O)O)cc1CNCC1CCCC1O. The van der Waals surface area contributed by atoms with Crippen molar-refractivity contribution in [3.05, 3.63) is 23.2 Å². The van der Waals surface area contributed by atoms with Crippen LogP contribution in [0.1, 0.15) is 41.1 Å². The molecule has 100 valence electrons. The summed E-state index contributed by atoms with van der Waals surface area (Å²) in [5.74, 6) is -0.121. The summed E-state index contributed by atoms with van der Waals surface area (Å²) >= 11 is 0. The van der Waals surface area contributed by atoms with Crippen molar-refractivity contribution < 1.29 is 19.4 Å². The Kier molecular flexibility index (Phi) is 4.04. The summed E-state index contributed by atoms with van der Waals surface area (Å²) in [6.07, 6.45) is 2.83. The van der Waals surface area contributed by atoms with Crippen LogP contribution in [0.4, 0.5) is 0 Å². The molecule has 1 heterocycles. The van der Waals surface area contributed by atoms with E-state index in [1.165, 1.54) is 0 Å². The highest BCUT2D eigenvalue weighted by molar-refractivity contribution is 5.84. The molecule has 5 heteroatoms. The minimum Gasteiger partial charge on any atom is -0.475 e. The van der Waals surface area contributed by atoms with E-state index in [2.05, 4.69) is 5.32 Å². The second-order valence-corrected chi connectivity index (χ2v) is 4.89. The van der Waals surface area contributed by atoms with Gasteiger partial charge in [0.25, 0.3) is 0 Å². The molecule has 0 saturated heterocycles. The summed E-state index contributed by atoms with van der Waals surface area (Å²) in [6.45, 7) is 3.09. The van der Waals surface area contributed by atoms with Crippen molar-refractivity contribution >= 4 is 5.97 Å². The molecule has 1 fully saturated rings. The monoisotopic (exact) mass is 253 g/mol. The first kappa shape index (κ1) is 13.1. The van der Waals surface area contributed by atoms with Crippen LogP contribution in [0.2, 0.25) is 0 Å². The highest BCUT2D eigenvalue weighted by Crippen LogP contribution is 2.24. The summed E-state index contributed by atoms with van der Waals surface area (Å²) in [7, 11) is 0. The summed E-state index contributed by atoms with van der Waals surface area (Å²) in [5.41, 5.74) is 0.861. The number of furan rings is 1. The largest absolute Gasteiger partial charge is 0.475 e. The number of aromatic carboxylic acids is 1. The lowest BCUT2D eigenvalue weighted by molar-refractivity contribution is 0.0661. The molecule has 1 aliphatic rings. The van der Waals surface area contributed by atoms with E-state index >= 15 is 0 Å². The van der Waals surface area contributed by atoms with E-state index in [9.17, 15) is 9.90 Å². The van der Waals surface area contributed by atoms with E-state index in [0.717, 1.165) is 31.4 Å². The Morgan fingerprint density at radius 1 is 1.56 bits per heavy atom. The van der Waals surface area contributed by atoms with Crippen LogP contribution < -0.4 is 5.32 Å². The Hall–Kier alpha value is -1.33. The number of carboxylic acids is 1. The standard InChI is InChI=1S/C13H19NO4/c1-8-10(5-12(18-8)13(16)17)7-14-6-9-3-2-4-11(9)15/h5,9,11,14-15H,2-4,6-7H2,1H3,(H,16,17). The minimum atomic E-state index is -1.05. The van der Waals surface area contributed by atoms with Crippen molar-refractivity contribution in [1.82, 2.24) is 5.32 Å². The van der Waals surface area contributed by atoms with Gasteiger partial charge in [0.15, 0.2) is 0 Å². The third kappa shape index (κ3) is 2.91. The second kappa shape index (κ2) is 5.54. The normalized spacial score (nSPS) is 23.4. The average molecular weight is 253 g/mol. The maximum atomic E-state index is 10.7. The Labute approximate surface area is 106 Å². The maximum Gasteiger partial charge on any atom is 0.371 e. The molecule has 1 aromatic heterocycles. The highest BCUT2D eigenvalue weighted by atomic mass is 16.4. The van der Waals surface area contributed by atoms with Gasteiger partial charge in [-0.1, -0.05) is 6.42 Å². The zero-order chi connectivity index (χ0) is 13.1. The second-order valence-electron chi connectivity index (χ2n) is 4.89. The number of nitrogens with one attached hydrogen (secondary N) is 1. The van der Waals surface area contributed by atoms with Crippen LogP contribution in [-0.4, -0.2) is 28.8 Å². The van der Waals surface area contributed by atoms with Crippen molar-refractivity contribution in [2.24, 2.45) is 5.92 Å². The van der Waals surface area contributed by atoms with E-state index in [1.54, 1.807) is 13.0 Å². The summed E-state index contributed by atoms with van der Waals surface area (Å²) in [6, 6.07) is 1.55. The quantitative estimate of drug-likeness (QED) is 0.741. The number of hydrogen-bond donors (Lipinski definition) is 3. The smallest absolute Gasteiger partial charge is 0.371 e. The Morgan fingerprint density at radius 2 is 2.33 bits per heavy atom. The summed E-state index contributed by atoms with van der Waals surface area (Å²) in [4.78, 5) is 10.7. The lowest BCUT2D eigenvalue weighted by Gasteiger charge is -2.14. The zero-order valence-corrected chi connectivity index (χ0v) is 10.5. The third-order valence-corrected chi connectivity index (χ3v) is 3.57. The van der Waals surface area contributed by atoms with Gasteiger partial charge in [0.1, 0.15) is 5.76 Å². The number of rotatable bonds is 5. The number of hydrogen-bond acceptors (Lipinski definition) is 4. The number of carbonyl (C=O) groups is 1. The van der Waals surface area contributed by atoms with Gasteiger partial charge in [-0.3, -0.25) is 0 Å². The molecule has 3 N–H and O–H groups in total. The van der Waals surface area contributed by atoms with Crippen LogP contribution in [-0.2, 0) is 6.54 Å². The first-order valence-corrected chi connectivity index (χ1v) is 6.29. The van der Waals surface area contributed by atoms with Gasteiger partial charge in [0, 0.05) is 18.7 Å². The third-order valence-electron chi connectivity index (χ3n) is 3.57. The molecular weight excluding hydrogens is 234 g/mol. The van der Waals surface area contributed by atoms with Gasteiger partial charge in [-0.15, -0.1) is 0 Å². The zero-order valence-electron chi connectivity index (χ0n) is 10.5. The van der Waals surface area contributed by atoms with Crippen molar-refractivity contribution in [3.8, 4) is 0 Å². The molecule has 2 atom stereocenters. The first-order chi connectivity index (χ1) is 8.58. The van der Waals surface area contributed by atoms with Gasteiger partial charge in [-0.25, -0.2) is 4.79 Å². The van der Waals surface area contributed by atoms with E-state index in [4.69, 9.17) is 9.52 Å². The van der Waals surface area contributed by atoms with Crippen molar-refractivity contribution in [2.45, 2.75) is 38.8 Å². The molecule has 2 rings (SSSR count). The van der Waals surface area contributed by atoms with Crippen LogP contribution in [0.15, 0.2) is 10.5 Å². The van der Waals surface area contributed by atoms with E-state index in [0.29, 0.717) is 18.2 Å². The summed E-state index contributed by atoms with van der Waals surface area (Å²) in [5, 5.41) is 21.7. The molecular formula is C13H19NO4. The molecule has 0 aliphatic heterocycles. The first-order valence-electron chi connectivity index (χ1n) is 6.29. The predicted octanol–water partition coefficient (Wildman–Crippen LogP) is 1.54. The number of aryl methyl sites for hydroxylation is 1. The molecule has 18 heavy (non-hydrogen) atoms. The number of carboxylic acid groups (broad SMARTS) is 1. The number of aliphatic hydroxyl groups is 1. The van der Waals surface area contributed by atoms with Gasteiger partial charge >= 0.3 is 5.97 Å². The molecule has 1 aliphatic carbocycles. The van der Waals surface area contributed by atoms with Crippen LogP contribution in [0.25, 0.3) is 0 Å². The molecule has 0 spiro atoms. The maximum absolute atomic E-state index is 10.7. The molecule has 0 radical (unpaired) electrons. The molecule has 0 bridgehead atoms. The Bertz CT molecular complexity index is 427. The van der Waals surface area contributed by atoms with E-state index < -0.39 is 5.97 Å². The number of aliphatic hydroxyl groups excluding tert-OH is 1. The fourth-order valence-corrected chi connectivity index (χ4v) is 2.45. The van der Waals surface area contributed by atoms with Crippen LogP contribution in [0.3, 0.4) is 0 Å². The van der Waals surface area contributed by atoms with Crippen molar-refractivity contribution in [1.29, 1.82) is 0 Å². The van der Waals surface area contributed by atoms with Gasteiger partial charge < -0.3 is 19.9 Å². The van der Waals surface area contributed by atoms with Crippen molar-refractivity contribution in [2.75, 3.05) is 6.54 Å². The Morgan fingerprint density at radius 3 is 2.89 bits per heavy atom. The lowest BCUT2D eigenvalue weighted by atomic mass is 10.1. The van der Waals surface area contributed by atoms with Gasteiger partial charge in [-0.05, 0) is 31.7 Å². The molecule has 2 unspecified atom stereocenters. The van der Waals surface area contributed by atoms with Gasteiger partial charge in [0.05, 0.1) is 6.10 Å². The minimum absolute atomic E-state index is 0.0230. The molecule has 0 aromatic carbocycles. The summed E-state index contributed by atoms with van der Waals surface area (Å²) < 4.78 is 5.13. The van der Waals surface area contributed by atoms with E-state index in [1.807, 2.05) is 0 Å². The fourth-order valence-electron chi connectivity index (χ4n) is 2.45. The predicted molar refractivity (Wildman–Crippen MR) is 65.5 cm³/mol. The molecule has 5 nitrogen and oxygen atoms in total. The van der Waals surface area contributed by atoms with Crippen LogP contribution >= 0.6 is 0 Å². The van der Waals surface area contributed by atoms with Gasteiger partial charge in [0.2, 0.25) is 5.76 Å². The van der Waals surface area contributed by atoms with Crippen LogP contribution in [0.5, 0.6) is 0 Å². The topological polar surface area (TPSA) is 82.7 Å². The van der Waals surface area contributed by atoms with Crippen molar-refractivity contribution in [3.63, 3.8) is 0 Å².